The summed E-state index contributed by atoms with van der Waals surface area (Å²) in [6.07, 6.45) is 1.91. The van der Waals surface area contributed by atoms with E-state index in [2.05, 4.69) is 4.74 Å². The molecular weight excluding hydrogens is 222 g/mol. The maximum atomic E-state index is 11.0. The van der Waals surface area contributed by atoms with Crippen molar-refractivity contribution in [3.63, 3.8) is 0 Å². The number of esters is 1. The average Bonchev–Trinajstić information content (AvgIpc) is 2.32. The summed E-state index contributed by atoms with van der Waals surface area (Å²) in [6.45, 7) is 0. The molecule has 1 rings (SSSR count). The first-order valence-electron chi connectivity index (χ1n) is 5.39. The molecule has 1 unspecified atom stereocenters. The number of benzene rings is 1. The number of phenols is 2. The molecule has 0 aliphatic heterocycles. The second-order valence-corrected chi connectivity index (χ2v) is 3.84. The number of aryl methyl sites for hydroxylation is 1. The van der Waals surface area contributed by atoms with Gasteiger partial charge in [0, 0.05) is 0 Å². The zero-order chi connectivity index (χ0) is 12.8. The molecule has 0 amide bonds. The van der Waals surface area contributed by atoms with Gasteiger partial charge in [-0.1, -0.05) is 6.07 Å². The summed E-state index contributed by atoms with van der Waals surface area (Å²) in [6, 6.07) is 4.05. The quantitative estimate of drug-likeness (QED) is 0.525. The third-order valence-electron chi connectivity index (χ3n) is 2.52. The largest absolute Gasteiger partial charge is 0.504 e. The normalized spacial score (nSPS) is 12.1. The Hall–Kier alpha value is -1.75. The van der Waals surface area contributed by atoms with E-state index in [-0.39, 0.29) is 11.5 Å². The second-order valence-electron chi connectivity index (χ2n) is 3.84. The van der Waals surface area contributed by atoms with Crippen LogP contribution in [-0.2, 0) is 16.0 Å². The Bertz CT molecular complexity index is 392. The number of hydrogen-bond acceptors (Lipinski definition) is 5. The molecule has 0 saturated carbocycles. The van der Waals surface area contributed by atoms with Gasteiger partial charge in [0.15, 0.2) is 11.5 Å². The molecule has 0 saturated heterocycles. The lowest BCUT2D eigenvalue weighted by Gasteiger charge is -2.09. The topological polar surface area (TPSA) is 92.8 Å². The van der Waals surface area contributed by atoms with Gasteiger partial charge in [0.05, 0.1) is 7.11 Å². The Balaban J connectivity index is 2.40. The monoisotopic (exact) mass is 239 g/mol. The minimum Gasteiger partial charge on any atom is -0.504 e. The third kappa shape index (κ3) is 3.96. The number of nitrogens with two attached hydrogens (primary N) is 1. The van der Waals surface area contributed by atoms with Crippen LogP contribution < -0.4 is 5.73 Å². The fourth-order valence-corrected chi connectivity index (χ4v) is 1.52. The molecule has 5 nitrogen and oxygen atoms in total. The minimum atomic E-state index is -0.606. The van der Waals surface area contributed by atoms with Crippen LogP contribution in [0.4, 0.5) is 0 Å². The number of methoxy groups -OCH3 is 1. The van der Waals surface area contributed by atoms with Gasteiger partial charge < -0.3 is 20.7 Å². The summed E-state index contributed by atoms with van der Waals surface area (Å²) in [7, 11) is 1.31. The number of ether oxygens (including phenoxy) is 1. The van der Waals surface area contributed by atoms with Crippen molar-refractivity contribution in [3.05, 3.63) is 23.8 Å². The van der Waals surface area contributed by atoms with Crippen LogP contribution >= 0.6 is 0 Å². The van der Waals surface area contributed by atoms with E-state index >= 15 is 0 Å². The number of rotatable bonds is 5. The molecule has 0 heterocycles. The lowest BCUT2D eigenvalue weighted by Crippen LogP contribution is -2.31. The zero-order valence-corrected chi connectivity index (χ0v) is 9.72. The second kappa shape index (κ2) is 6.10. The molecule has 17 heavy (non-hydrogen) atoms. The minimum absolute atomic E-state index is 0.139. The van der Waals surface area contributed by atoms with E-state index in [0.29, 0.717) is 19.3 Å². The number of carbonyl (C=O) groups excluding carboxylic acids is 1. The van der Waals surface area contributed by atoms with E-state index in [9.17, 15) is 9.90 Å². The predicted octanol–water partition coefficient (Wildman–Crippen LogP) is 0.921. The highest BCUT2D eigenvalue weighted by Gasteiger charge is 2.12. The van der Waals surface area contributed by atoms with E-state index < -0.39 is 12.0 Å². The Kier molecular flexibility index (Phi) is 4.78. The summed E-state index contributed by atoms with van der Waals surface area (Å²) in [5.41, 5.74) is 6.47. The number of hydrogen-bond donors (Lipinski definition) is 3. The first-order valence-corrected chi connectivity index (χ1v) is 5.39. The Morgan fingerprint density at radius 2 is 2.12 bits per heavy atom. The van der Waals surface area contributed by atoms with Crippen molar-refractivity contribution >= 4 is 5.97 Å². The molecule has 0 radical (unpaired) electrons. The highest BCUT2D eigenvalue weighted by molar-refractivity contribution is 5.75. The van der Waals surface area contributed by atoms with Crippen LogP contribution in [0, 0.1) is 0 Å². The first-order chi connectivity index (χ1) is 8.04. The molecule has 0 fully saturated rings. The van der Waals surface area contributed by atoms with Gasteiger partial charge in [0.1, 0.15) is 6.04 Å². The maximum Gasteiger partial charge on any atom is 0.322 e. The Morgan fingerprint density at radius 1 is 1.41 bits per heavy atom. The molecule has 1 aromatic rings. The standard InChI is InChI=1S/C12H17NO4/c1-17-12(16)9(13)4-2-3-8-5-6-10(14)11(15)7-8/h5-7,9,14-15H,2-4,13H2,1H3. The molecular formula is C12H17NO4. The van der Waals surface area contributed by atoms with Crippen molar-refractivity contribution in [3.8, 4) is 11.5 Å². The van der Waals surface area contributed by atoms with Crippen LogP contribution in [0.25, 0.3) is 0 Å². The van der Waals surface area contributed by atoms with E-state index in [0.717, 1.165) is 5.56 Å². The van der Waals surface area contributed by atoms with Gasteiger partial charge in [0.25, 0.3) is 0 Å². The summed E-state index contributed by atoms with van der Waals surface area (Å²) >= 11 is 0. The molecule has 0 aliphatic rings. The molecule has 4 N–H and O–H groups in total. The molecule has 0 bridgehead atoms. The summed E-state index contributed by atoms with van der Waals surface area (Å²) in [5, 5.41) is 18.4. The van der Waals surface area contributed by atoms with Crippen molar-refractivity contribution in [2.45, 2.75) is 25.3 Å². The maximum absolute atomic E-state index is 11.0. The van der Waals surface area contributed by atoms with Gasteiger partial charge >= 0.3 is 5.97 Å². The van der Waals surface area contributed by atoms with Crippen LogP contribution in [0.3, 0.4) is 0 Å². The lowest BCUT2D eigenvalue weighted by atomic mass is 10.0. The van der Waals surface area contributed by atoms with E-state index in [1.54, 1.807) is 6.07 Å². The summed E-state index contributed by atoms with van der Waals surface area (Å²) in [5.74, 6) is -0.696. The molecule has 94 valence electrons. The van der Waals surface area contributed by atoms with Gasteiger partial charge in [-0.15, -0.1) is 0 Å². The van der Waals surface area contributed by atoms with Crippen molar-refractivity contribution < 1.29 is 19.7 Å². The molecule has 5 heteroatoms. The summed E-state index contributed by atoms with van der Waals surface area (Å²) in [4.78, 5) is 11.0. The van der Waals surface area contributed by atoms with Gasteiger partial charge in [-0.05, 0) is 37.0 Å². The third-order valence-corrected chi connectivity index (χ3v) is 2.52. The first kappa shape index (κ1) is 13.3. The molecule has 0 spiro atoms. The van der Waals surface area contributed by atoms with Crippen LogP contribution in [0.2, 0.25) is 0 Å². The average molecular weight is 239 g/mol. The Morgan fingerprint density at radius 3 is 2.71 bits per heavy atom. The van der Waals surface area contributed by atoms with Crippen molar-refractivity contribution in [2.24, 2.45) is 5.73 Å². The number of phenolic OH excluding ortho intramolecular Hbond substituents is 2. The fourth-order valence-electron chi connectivity index (χ4n) is 1.52. The lowest BCUT2D eigenvalue weighted by molar-refractivity contribution is -0.142. The molecule has 1 aromatic carbocycles. The van der Waals surface area contributed by atoms with Crippen molar-refractivity contribution in [1.29, 1.82) is 0 Å². The van der Waals surface area contributed by atoms with Crippen LogP contribution in [0.5, 0.6) is 11.5 Å². The SMILES string of the molecule is COC(=O)C(N)CCCc1ccc(O)c(O)c1. The molecule has 0 aliphatic carbocycles. The zero-order valence-electron chi connectivity index (χ0n) is 9.72. The Labute approximate surface area is 99.8 Å². The van der Waals surface area contributed by atoms with Crippen molar-refractivity contribution in [1.82, 2.24) is 0 Å². The van der Waals surface area contributed by atoms with Gasteiger partial charge in [-0.2, -0.15) is 0 Å². The van der Waals surface area contributed by atoms with Crippen molar-refractivity contribution in [2.75, 3.05) is 7.11 Å². The van der Waals surface area contributed by atoms with E-state index in [1.165, 1.54) is 19.2 Å². The molecule has 0 aromatic heterocycles. The number of aromatic hydroxyl groups is 2. The van der Waals surface area contributed by atoms with Crippen LogP contribution in [0.15, 0.2) is 18.2 Å². The predicted molar refractivity (Wildman–Crippen MR) is 62.7 cm³/mol. The highest BCUT2D eigenvalue weighted by Crippen LogP contribution is 2.25. The number of carbonyl (C=O) groups is 1. The highest BCUT2D eigenvalue weighted by atomic mass is 16.5. The molecule has 1 atom stereocenters. The van der Waals surface area contributed by atoms with Gasteiger partial charge in [0.2, 0.25) is 0 Å². The van der Waals surface area contributed by atoms with Gasteiger partial charge in [-0.25, -0.2) is 0 Å². The summed E-state index contributed by atoms with van der Waals surface area (Å²) < 4.78 is 4.51. The van der Waals surface area contributed by atoms with Crippen LogP contribution in [-0.4, -0.2) is 29.3 Å². The fraction of sp³-hybridized carbons (Fsp3) is 0.417. The van der Waals surface area contributed by atoms with E-state index in [4.69, 9.17) is 10.8 Å². The van der Waals surface area contributed by atoms with E-state index in [1.807, 2.05) is 0 Å². The smallest absolute Gasteiger partial charge is 0.322 e. The van der Waals surface area contributed by atoms with Crippen LogP contribution in [0.1, 0.15) is 18.4 Å². The van der Waals surface area contributed by atoms with Gasteiger partial charge in [-0.3, -0.25) is 4.79 Å².